The van der Waals surface area contributed by atoms with Gasteiger partial charge in [0.25, 0.3) is 0 Å². The lowest BCUT2D eigenvalue weighted by Crippen LogP contribution is -2.33. The van der Waals surface area contributed by atoms with Crippen LogP contribution in [0.3, 0.4) is 0 Å². The molecule has 2 N–H and O–H groups in total. The van der Waals surface area contributed by atoms with Crippen LogP contribution in [-0.2, 0) is 5.54 Å². The van der Waals surface area contributed by atoms with Crippen molar-refractivity contribution in [1.29, 1.82) is 0 Å². The van der Waals surface area contributed by atoms with Crippen LogP contribution in [-0.4, -0.2) is 0 Å². The van der Waals surface area contributed by atoms with Crippen molar-refractivity contribution in [3.05, 3.63) is 32.8 Å². The van der Waals surface area contributed by atoms with Crippen LogP contribution < -0.4 is 5.73 Å². The molecule has 82 valence electrons. The first-order chi connectivity index (χ1) is 7.03. The fourth-order valence-electron chi connectivity index (χ4n) is 2.46. The Balaban J connectivity index is 2.48. The smallest absolute Gasteiger partial charge is 0.0550 e. The highest BCUT2D eigenvalue weighted by molar-refractivity contribution is 9.10. The van der Waals surface area contributed by atoms with E-state index in [-0.39, 0.29) is 5.54 Å². The second-order valence-corrected chi connectivity index (χ2v) is 5.71. The maximum absolute atomic E-state index is 6.44. The number of halogens is 2. The molecule has 1 aliphatic rings. The van der Waals surface area contributed by atoms with Gasteiger partial charge in [-0.1, -0.05) is 24.4 Å². The zero-order chi connectivity index (χ0) is 11.1. The Morgan fingerprint density at radius 1 is 1.33 bits per heavy atom. The molecule has 1 aliphatic carbocycles. The zero-order valence-electron chi connectivity index (χ0n) is 8.82. The standard InChI is InChI=1S/C12H15BrClN/c1-8-6-11(14)10(13)7-9(8)12(15)4-2-3-5-12/h6-7H,2-5,15H2,1H3. The third-order valence-corrected chi connectivity index (χ3v) is 4.50. The average molecular weight is 289 g/mol. The lowest BCUT2D eigenvalue weighted by atomic mass is 9.86. The second kappa shape index (κ2) is 4.08. The summed E-state index contributed by atoms with van der Waals surface area (Å²) in [7, 11) is 0. The van der Waals surface area contributed by atoms with Crippen molar-refractivity contribution in [3.63, 3.8) is 0 Å². The van der Waals surface area contributed by atoms with Crippen molar-refractivity contribution >= 4 is 27.5 Å². The van der Waals surface area contributed by atoms with Crippen LogP contribution in [0.25, 0.3) is 0 Å². The van der Waals surface area contributed by atoms with Gasteiger partial charge in [0.2, 0.25) is 0 Å². The first-order valence-corrected chi connectivity index (χ1v) is 6.45. The summed E-state index contributed by atoms with van der Waals surface area (Å²) in [5.41, 5.74) is 8.76. The number of hydrogen-bond acceptors (Lipinski definition) is 1. The van der Waals surface area contributed by atoms with Crippen LogP contribution in [0.15, 0.2) is 16.6 Å². The van der Waals surface area contributed by atoms with Gasteiger partial charge in [-0.2, -0.15) is 0 Å². The highest BCUT2D eigenvalue weighted by Gasteiger charge is 2.32. The molecule has 15 heavy (non-hydrogen) atoms. The molecule has 0 bridgehead atoms. The van der Waals surface area contributed by atoms with Crippen LogP contribution in [0.5, 0.6) is 0 Å². The van der Waals surface area contributed by atoms with E-state index in [1.165, 1.54) is 24.0 Å². The summed E-state index contributed by atoms with van der Waals surface area (Å²) in [6.45, 7) is 2.08. The average Bonchev–Trinajstić information content (AvgIpc) is 2.60. The Morgan fingerprint density at radius 3 is 2.53 bits per heavy atom. The molecular weight excluding hydrogens is 273 g/mol. The number of rotatable bonds is 1. The summed E-state index contributed by atoms with van der Waals surface area (Å²) in [5, 5.41) is 0.762. The maximum atomic E-state index is 6.44. The van der Waals surface area contributed by atoms with Gasteiger partial charge in [0.1, 0.15) is 0 Å². The minimum Gasteiger partial charge on any atom is -0.321 e. The topological polar surface area (TPSA) is 26.0 Å². The molecule has 0 radical (unpaired) electrons. The van der Waals surface area contributed by atoms with Crippen LogP contribution >= 0.6 is 27.5 Å². The van der Waals surface area contributed by atoms with Crippen molar-refractivity contribution in [2.75, 3.05) is 0 Å². The van der Waals surface area contributed by atoms with Gasteiger partial charge in [-0.05, 0) is 59.0 Å². The lowest BCUT2D eigenvalue weighted by Gasteiger charge is -2.26. The number of nitrogens with two attached hydrogens (primary N) is 1. The van der Waals surface area contributed by atoms with Crippen molar-refractivity contribution in [2.45, 2.75) is 38.1 Å². The van der Waals surface area contributed by atoms with E-state index in [0.717, 1.165) is 22.3 Å². The number of aryl methyl sites for hydroxylation is 1. The van der Waals surface area contributed by atoms with Gasteiger partial charge in [-0.15, -0.1) is 0 Å². The van der Waals surface area contributed by atoms with Gasteiger partial charge >= 0.3 is 0 Å². The molecule has 0 unspecified atom stereocenters. The minimum absolute atomic E-state index is 0.128. The number of benzene rings is 1. The van der Waals surface area contributed by atoms with Crippen molar-refractivity contribution < 1.29 is 0 Å². The monoisotopic (exact) mass is 287 g/mol. The summed E-state index contributed by atoms with van der Waals surface area (Å²) >= 11 is 9.51. The minimum atomic E-state index is -0.128. The van der Waals surface area contributed by atoms with E-state index in [1.807, 2.05) is 6.07 Å². The van der Waals surface area contributed by atoms with E-state index in [1.54, 1.807) is 0 Å². The van der Waals surface area contributed by atoms with Gasteiger partial charge in [-0.25, -0.2) is 0 Å². The molecule has 1 aromatic rings. The van der Waals surface area contributed by atoms with E-state index < -0.39 is 0 Å². The molecule has 0 amide bonds. The normalized spacial score (nSPS) is 19.5. The number of hydrogen-bond donors (Lipinski definition) is 1. The second-order valence-electron chi connectivity index (χ2n) is 4.44. The SMILES string of the molecule is Cc1cc(Cl)c(Br)cc1C1(N)CCCC1. The lowest BCUT2D eigenvalue weighted by molar-refractivity contribution is 0.459. The molecule has 1 fully saturated rings. The fraction of sp³-hybridized carbons (Fsp3) is 0.500. The summed E-state index contributed by atoms with van der Waals surface area (Å²) < 4.78 is 0.946. The highest BCUT2D eigenvalue weighted by atomic mass is 79.9. The van der Waals surface area contributed by atoms with Gasteiger partial charge in [0.05, 0.1) is 5.02 Å². The first kappa shape index (κ1) is 11.4. The van der Waals surface area contributed by atoms with Crippen molar-refractivity contribution in [1.82, 2.24) is 0 Å². The predicted molar refractivity (Wildman–Crippen MR) is 68.2 cm³/mol. The predicted octanol–water partition coefficient (Wildman–Crippen LogP) is 4.14. The summed E-state index contributed by atoms with van der Waals surface area (Å²) in [5.74, 6) is 0. The van der Waals surface area contributed by atoms with E-state index >= 15 is 0 Å². The van der Waals surface area contributed by atoms with Crippen LogP contribution in [0.2, 0.25) is 5.02 Å². The third-order valence-electron chi connectivity index (χ3n) is 3.30. The first-order valence-electron chi connectivity index (χ1n) is 5.28. The molecule has 1 nitrogen and oxygen atoms in total. The summed E-state index contributed by atoms with van der Waals surface area (Å²) in [6, 6.07) is 4.08. The third kappa shape index (κ3) is 2.08. The van der Waals surface area contributed by atoms with Crippen LogP contribution in [0, 0.1) is 6.92 Å². The molecule has 0 aromatic heterocycles. The van der Waals surface area contributed by atoms with Crippen LogP contribution in [0.1, 0.15) is 36.8 Å². The molecule has 0 heterocycles. The molecule has 3 heteroatoms. The highest BCUT2D eigenvalue weighted by Crippen LogP contribution is 2.40. The maximum Gasteiger partial charge on any atom is 0.0550 e. The van der Waals surface area contributed by atoms with Crippen LogP contribution in [0.4, 0.5) is 0 Å². The summed E-state index contributed by atoms with van der Waals surface area (Å²) in [4.78, 5) is 0. The van der Waals surface area contributed by atoms with Gasteiger partial charge in [-0.3, -0.25) is 0 Å². The molecule has 1 saturated carbocycles. The van der Waals surface area contributed by atoms with Crippen molar-refractivity contribution in [3.8, 4) is 0 Å². The fourth-order valence-corrected chi connectivity index (χ4v) is 3.02. The van der Waals surface area contributed by atoms with E-state index in [0.29, 0.717) is 0 Å². The molecule has 0 atom stereocenters. The van der Waals surface area contributed by atoms with E-state index in [4.69, 9.17) is 17.3 Å². The molecule has 0 aliphatic heterocycles. The molecule has 0 saturated heterocycles. The van der Waals surface area contributed by atoms with Gasteiger partial charge < -0.3 is 5.73 Å². The Hall–Kier alpha value is -0.0500. The molecule has 2 rings (SSSR count). The van der Waals surface area contributed by atoms with E-state index in [2.05, 4.69) is 28.9 Å². The quantitative estimate of drug-likeness (QED) is 0.826. The van der Waals surface area contributed by atoms with Gasteiger partial charge in [0, 0.05) is 10.0 Å². The molecular formula is C12H15BrClN. The van der Waals surface area contributed by atoms with Crippen molar-refractivity contribution in [2.24, 2.45) is 5.73 Å². The molecule has 1 aromatic carbocycles. The Kier molecular flexibility index (Phi) is 3.11. The Bertz CT molecular complexity index is 383. The summed E-state index contributed by atoms with van der Waals surface area (Å²) in [6.07, 6.45) is 4.64. The largest absolute Gasteiger partial charge is 0.321 e. The molecule has 0 spiro atoms. The zero-order valence-corrected chi connectivity index (χ0v) is 11.2. The van der Waals surface area contributed by atoms with Gasteiger partial charge in [0.15, 0.2) is 0 Å². The Labute approximate surface area is 104 Å². The Morgan fingerprint density at radius 2 is 1.93 bits per heavy atom. The van der Waals surface area contributed by atoms with E-state index in [9.17, 15) is 0 Å².